The topological polar surface area (TPSA) is 63.2 Å². The van der Waals surface area contributed by atoms with Crippen molar-refractivity contribution in [2.75, 3.05) is 12.3 Å². The van der Waals surface area contributed by atoms with Crippen molar-refractivity contribution >= 4 is 45.1 Å². The quantitative estimate of drug-likeness (QED) is 0.381. The minimum atomic E-state index is -0.198. The summed E-state index contributed by atoms with van der Waals surface area (Å²) in [6.45, 7) is 2.30. The van der Waals surface area contributed by atoms with Crippen LogP contribution >= 0.6 is 23.1 Å². The van der Waals surface area contributed by atoms with Gasteiger partial charge in [0, 0.05) is 22.6 Å². The lowest BCUT2D eigenvalue weighted by Gasteiger charge is -2.13. The minimum Gasteiger partial charge on any atom is -0.273 e. The number of fused-ring (bicyclic) bond motifs is 4. The van der Waals surface area contributed by atoms with Crippen molar-refractivity contribution in [2.24, 2.45) is 0 Å². The summed E-state index contributed by atoms with van der Waals surface area (Å²) in [5, 5.41) is 2.17. The van der Waals surface area contributed by atoms with Gasteiger partial charge in [0.2, 0.25) is 0 Å². The van der Waals surface area contributed by atoms with E-state index in [0.29, 0.717) is 23.4 Å². The third kappa shape index (κ3) is 2.68. The molecule has 0 saturated carbocycles. The van der Waals surface area contributed by atoms with Gasteiger partial charge in [-0.05, 0) is 43.9 Å². The van der Waals surface area contributed by atoms with E-state index in [0.717, 1.165) is 28.5 Å². The summed E-state index contributed by atoms with van der Waals surface area (Å²) in [5.41, 5.74) is 2.41. The number of aryl methyl sites for hydroxylation is 3. The van der Waals surface area contributed by atoms with Crippen molar-refractivity contribution < 1.29 is 9.59 Å². The fraction of sp³-hybridized carbons (Fsp3) is 0.300. The Balaban J connectivity index is 1.37. The molecule has 0 spiro atoms. The Hall–Kier alpha value is -2.25. The highest BCUT2D eigenvalue weighted by molar-refractivity contribution is 7.99. The highest BCUT2D eigenvalue weighted by Gasteiger charge is 2.34. The number of aromatic nitrogens is 2. The van der Waals surface area contributed by atoms with Crippen LogP contribution in [0.4, 0.5) is 0 Å². The molecule has 0 N–H and O–H groups in total. The van der Waals surface area contributed by atoms with E-state index in [1.54, 1.807) is 47.4 Å². The summed E-state index contributed by atoms with van der Waals surface area (Å²) in [5.74, 6) is 1.00. The predicted octanol–water partition coefficient (Wildman–Crippen LogP) is 3.88. The van der Waals surface area contributed by atoms with Gasteiger partial charge in [0.05, 0.1) is 11.1 Å². The summed E-state index contributed by atoms with van der Waals surface area (Å²) in [4.78, 5) is 38.1. The van der Waals surface area contributed by atoms with Crippen LogP contribution in [0.2, 0.25) is 0 Å². The number of rotatable bonds is 4. The highest BCUT2D eigenvalue weighted by Crippen LogP contribution is 2.40. The average molecular weight is 396 g/mol. The van der Waals surface area contributed by atoms with Crippen LogP contribution in [0.5, 0.6) is 0 Å². The SMILES string of the molecule is Cc1nc(SCCN2C(=O)c3ccccc3C2=O)c2c3c(sc2n1)CCC3. The Labute approximate surface area is 164 Å². The third-order valence-corrected chi connectivity index (χ3v) is 7.22. The molecule has 0 bridgehead atoms. The van der Waals surface area contributed by atoms with Crippen molar-refractivity contribution in [3.63, 3.8) is 0 Å². The van der Waals surface area contributed by atoms with Crippen molar-refractivity contribution in [1.82, 2.24) is 14.9 Å². The minimum absolute atomic E-state index is 0.198. The van der Waals surface area contributed by atoms with E-state index in [-0.39, 0.29) is 11.8 Å². The first-order valence-electron chi connectivity index (χ1n) is 9.00. The normalized spacial score (nSPS) is 15.7. The molecule has 0 unspecified atom stereocenters. The molecule has 1 aromatic carbocycles. The van der Waals surface area contributed by atoms with Crippen molar-refractivity contribution in [2.45, 2.75) is 31.2 Å². The average Bonchev–Trinajstić information content (AvgIpc) is 3.30. The van der Waals surface area contributed by atoms with E-state index in [1.807, 2.05) is 6.92 Å². The van der Waals surface area contributed by atoms with Crippen molar-refractivity contribution in [1.29, 1.82) is 0 Å². The number of thioether (sulfide) groups is 1. The maximum absolute atomic E-state index is 12.5. The fourth-order valence-corrected chi connectivity index (χ4v) is 6.24. The second-order valence-electron chi connectivity index (χ2n) is 6.77. The Kier molecular flexibility index (Phi) is 4.02. The van der Waals surface area contributed by atoms with Gasteiger partial charge < -0.3 is 0 Å². The maximum Gasteiger partial charge on any atom is 0.261 e. The molecule has 0 radical (unpaired) electrons. The van der Waals surface area contributed by atoms with Crippen LogP contribution in [-0.2, 0) is 12.8 Å². The molecule has 7 heteroatoms. The number of imide groups is 1. The van der Waals surface area contributed by atoms with Gasteiger partial charge in [-0.3, -0.25) is 14.5 Å². The molecule has 0 fully saturated rings. The number of hydrogen-bond acceptors (Lipinski definition) is 6. The van der Waals surface area contributed by atoms with Crippen molar-refractivity contribution in [3.05, 3.63) is 51.7 Å². The molecule has 3 heterocycles. The zero-order chi connectivity index (χ0) is 18.5. The van der Waals surface area contributed by atoms with Crippen LogP contribution in [0.15, 0.2) is 29.3 Å². The molecule has 2 amide bonds. The molecule has 1 aliphatic carbocycles. The largest absolute Gasteiger partial charge is 0.273 e. The van der Waals surface area contributed by atoms with Crippen LogP contribution in [0.3, 0.4) is 0 Å². The summed E-state index contributed by atoms with van der Waals surface area (Å²) in [6.07, 6.45) is 3.42. The Morgan fingerprint density at radius 3 is 2.59 bits per heavy atom. The summed E-state index contributed by atoms with van der Waals surface area (Å²) in [7, 11) is 0. The Morgan fingerprint density at radius 2 is 1.85 bits per heavy atom. The smallest absolute Gasteiger partial charge is 0.261 e. The van der Waals surface area contributed by atoms with E-state index in [4.69, 9.17) is 0 Å². The molecular formula is C20H17N3O2S2. The summed E-state index contributed by atoms with van der Waals surface area (Å²) >= 11 is 3.40. The molecule has 2 aliphatic rings. The third-order valence-electron chi connectivity index (χ3n) is 5.08. The monoisotopic (exact) mass is 395 g/mol. The lowest BCUT2D eigenvalue weighted by Crippen LogP contribution is -2.31. The van der Waals surface area contributed by atoms with E-state index in [2.05, 4.69) is 9.97 Å². The van der Waals surface area contributed by atoms with E-state index in [1.165, 1.54) is 27.1 Å². The second-order valence-corrected chi connectivity index (χ2v) is 8.94. The van der Waals surface area contributed by atoms with Gasteiger partial charge in [-0.1, -0.05) is 12.1 Å². The zero-order valence-electron chi connectivity index (χ0n) is 14.8. The number of carbonyl (C=O) groups is 2. The van der Waals surface area contributed by atoms with E-state index >= 15 is 0 Å². The van der Waals surface area contributed by atoms with Gasteiger partial charge in [0.15, 0.2) is 0 Å². The fourth-order valence-electron chi connectivity index (χ4n) is 3.84. The Bertz CT molecular complexity index is 1070. The molecule has 5 rings (SSSR count). The number of thiophene rings is 1. The molecular weight excluding hydrogens is 378 g/mol. The highest BCUT2D eigenvalue weighted by atomic mass is 32.2. The molecule has 1 aliphatic heterocycles. The first-order chi connectivity index (χ1) is 13.1. The lowest BCUT2D eigenvalue weighted by molar-refractivity contribution is 0.0664. The molecule has 27 heavy (non-hydrogen) atoms. The molecule has 136 valence electrons. The summed E-state index contributed by atoms with van der Waals surface area (Å²) in [6, 6.07) is 7.02. The van der Waals surface area contributed by atoms with Gasteiger partial charge in [-0.2, -0.15) is 0 Å². The van der Waals surface area contributed by atoms with Gasteiger partial charge in [0.1, 0.15) is 15.7 Å². The first kappa shape index (κ1) is 16.9. The number of amides is 2. The zero-order valence-corrected chi connectivity index (χ0v) is 16.5. The number of nitrogens with zero attached hydrogens (tertiary/aromatic N) is 3. The van der Waals surface area contributed by atoms with Crippen LogP contribution in [-0.4, -0.2) is 39.0 Å². The number of hydrogen-bond donors (Lipinski definition) is 0. The van der Waals surface area contributed by atoms with Gasteiger partial charge in [-0.15, -0.1) is 23.1 Å². The number of carbonyl (C=O) groups excluding carboxylic acids is 2. The van der Waals surface area contributed by atoms with E-state index in [9.17, 15) is 9.59 Å². The van der Waals surface area contributed by atoms with Gasteiger partial charge in [0.25, 0.3) is 11.8 Å². The van der Waals surface area contributed by atoms with Crippen LogP contribution < -0.4 is 0 Å². The predicted molar refractivity (Wildman–Crippen MR) is 107 cm³/mol. The number of benzene rings is 1. The molecule has 0 atom stereocenters. The van der Waals surface area contributed by atoms with Crippen LogP contribution in [0.1, 0.15) is 43.4 Å². The molecule has 2 aromatic heterocycles. The molecule has 0 saturated heterocycles. The second kappa shape index (κ2) is 6.42. The van der Waals surface area contributed by atoms with Crippen LogP contribution in [0.25, 0.3) is 10.2 Å². The molecule has 3 aromatic rings. The van der Waals surface area contributed by atoms with Gasteiger partial charge in [-0.25, -0.2) is 9.97 Å². The van der Waals surface area contributed by atoms with E-state index < -0.39 is 0 Å². The van der Waals surface area contributed by atoms with Crippen molar-refractivity contribution in [3.8, 4) is 0 Å². The lowest BCUT2D eigenvalue weighted by atomic mass is 10.1. The van der Waals surface area contributed by atoms with Crippen LogP contribution in [0, 0.1) is 6.92 Å². The maximum atomic E-state index is 12.5. The Morgan fingerprint density at radius 1 is 1.11 bits per heavy atom. The standard InChI is InChI=1S/C20H17N3O2S2/c1-11-21-17(16-14-7-4-8-15(14)27-18(16)22-11)26-10-9-23-19(24)12-5-2-3-6-13(12)20(23)25/h2-3,5-6H,4,7-10H2,1H3. The first-order valence-corrected chi connectivity index (χ1v) is 10.8. The van der Waals surface area contributed by atoms with Gasteiger partial charge >= 0.3 is 0 Å². The molecule has 5 nitrogen and oxygen atoms in total. The summed E-state index contributed by atoms with van der Waals surface area (Å²) < 4.78 is 0.